The molecule has 0 amide bonds. The summed E-state index contributed by atoms with van der Waals surface area (Å²) in [6.07, 6.45) is 15.2. The second-order valence-electron chi connectivity index (χ2n) is 16.0. The molecule has 8 aliphatic rings. The van der Waals surface area contributed by atoms with Gasteiger partial charge in [0.15, 0.2) is 0 Å². The molecule has 0 bridgehead atoms. The number of hydrogen-bond donors (Lipinski definition) is 2. The molecule has 5 spiro atoms. The highest BCUT2D eigenvalue weighted by Crippen LogP contribution is 2.47. The Hall–Kier alpha value is -7.38. The molecule has 0 radical (unpaired) electrons. The van der Waals surface area contributed by atoms with Crippen LogP contribution in [-0.4, -0.2) is 86.9 Å². The zero-order chi connectivity index (χ0) is 45.5. The summed E-state index contributed by atoms with van der Waals surface area (Å²) in [6, 6.07) is 0. The Balaban J connectivity index is 0.816. The normalized spacial score (nSPS) is 25.9. The van der Waals surface area contributed by atoms with Crippen molar-refractivity contribution >= 4 is 47.8 Å². The van der Waals surface area contributed by atoms with E-state index >= 15 is 0 Å². The quantitative estimate of drug-likeness (QED) is 0.124. The highest BCUT2D eigenvalue weighted by Gasteiger charge is 2.58. The van der Waals surface area contributed by atoms with Crippen molar-refractivity contribution in [1.29, 1.82) is 0 Å². The van der Waals surface area contributed by atoms with E-state index in [1.165, 1.54) is 48.6 Å². The largest absolute Gasteiger partial charge is 0.480 e. The number of carbonyl (C=O) groups excluding carboxylic acids is 8. The van der Waals surface area contributed by atoms with Gasteiger partial charge in [0.05, 0.1) is 0 Å². The maximum Gasteiger partial charge on any atom is 0.348 e. The Bertz CT molecular complexity index is 2310. The van der Waals surface area contributed by atoms with Crippen molar-refractivity contribution in [2.24, 2.45) is 0 Å². The van der Waals surface area contributed by atoms with E-state index in [0.29, 0.717) is 12.8 Å². The minimum atomic E-state index is -1.66. The minimum Gasteiger partial charge on any atom is -0.480 e. The van der Waals surface area contributed by atoms with E-state index in [-0.39, 0.29) is 68.1 Å². The summed E-state index contributed by atoms with van der Waals surface area (Å²) >= 11 is 0. The number of rotatable bonds is 6. The topological polar surface area (TPSA) is 269 Å². The fourth-order valence-corrected chi connectivity index (χ4v) is 8.22. The van der Waals surface area contributed by atoms with Crippen molar-refractivity contribution in [2.75, 3.05) is 0 Å². The van der Waals surface area contributed by atoms with Gasteiger partial charge in [-0.3, -0.25) is 0 Å². The van der Waals surface area contributed by atoms with Crippen LogP contribution in [0.2, 0.25) is 0 Å². The molecular formula is C44H40O20. The third-order valence-electron chi connectivity index (χ3n) is 11.7. The average Bonchev–Trinajstić information content (AvgIpc) is 3.23. The van der Waals surface area contributed by atoms with Gasteiger partial charge >= 0.3 is 47.8 Å². The fraction of sp³-hybridized carbons (Fsp3) is 0.409. The van der Waals surface area contributed by atoms with Crippen molar-refractivity contribution in [3.8, 4) is 0 Å². The maximum absolute atomic E-state index is 13.0. The number of aliphatic hydroxyl groups excluding tert-OH is 2. The molecular weight excluding hydrogens is 848 g/mol. The first-order valence-electron chi connectivity index (χ1n) is 20.4. The first-order chi connectivity index (χ1) is 30.5. The van der Waals surface area contributed by atoms with Crippen molar-refractivity contribution < 1.29 is 95.9 Å². The van der Waals surface area contributed by atoms with Crippen LogP contribution in [-0.2, 0) is 85.7 Å². The lowest BCUT2D eigenvalue weighted by molar-refractivity contribution is -0.302. The van der Waals surface area contributed by atoms with E-state index in [9.17, 15) is 48.6 Å². The van der Waals surface area contributed by atoms with Crippen molar-refractivity contribution in [1.82, 2.24) is 0 Å². The molecule has 336 valence electrons. The summed E-state index contributed by atoms with van der Waals surface area (Å²) in [7, 11) is 0. The molecule has 6 fully saturated rings. The lowest BCUT2D eigenvalue weighted by Gasteiger charge is -2.46. The van der Waals surface area contributed by atoms with Crippen molar-refractivity contribution in [3.63, 3.8) is 0 Å². The van der Waals surface area contributed by atoms with E-state index in [0.717, 1.165) is 31.4 Å². The monoisotopic (exact) mass is 888 g/mol. The fourth-order valence-electron chi connectivity index (χ4n) is 8.22. The number of ether oxygens (including phenoxy) is 10. The van der Waals surface area contributed by atoms with Crippen LogP contribution in [0, 0.1) is 0 Å². The number of allylic oxidation sites excluding steroid dienone is 8. The molecule has 64 heavy (non-hydrogen) atoms. The molecule has 3 saturated carbocycles. The van der Waals surface area contributed by atoms with Crippen LogP contribution in [0.3, 0.4) is 0 Å². The van der Waals surface area contributed by atoms with Gasteiger partial charge in [0.1, 0.15) is 27.9 Å². The van der Waals surface area contributed by atoms with Crippen LogP contribution in [0.4, 0.5) is 0 Å². The predicted molar refractivity (Wildman–Crippen MR) is 206 cm³/mol. The van der Waals surface area contributed by atoms with E-state index in [4.69, 9.17) is 47.4 Å². The number of aliphatic hydroxyl groups is 2. The van der Waals surface area contributed by atoms with E-state index in [1.807, 2.05) is 0 Å². The molecule has 20 heteroatoms. The first-order valence-corrected chi connectivity index (χ1v) is 20.4. The molecule has 0 aromatic carbocycles. The van der Waals surface area contributed by atoms with Gasteiger partial charge in [-0.2, -0.15) is 0 Å². The number of carbonyl (C=O) groups is 8. The summed E-state index contributed by atoms with van der Waals surface area (Å²) in [4.78, 5) is 101. The van der Waals surface area contributed by atoms with Gasteiger partial charge in [-0.05, 0) is 37.1 Å². The Kier molecular flexibility index (Phi) is 11.1. The predicted octanol–water partition coefficient (Wildman–Crippen LogP) is 4.20. The maximum atomic E-state index is 13.0. The smallest absolute Gasteiger partial charge is 0.348 e. The standard InChI is InChI=1S/C44H40O20/c1-25-30(45)55-41(56-31(25)46)17-19-42(20-18-41)59-34(49)27(35(50)60-42)13-7-3-8-14-29-38(53)63-44(64-39(29)54)23-21-43(22-24-44)61-36(51)28(37(52)62-43)12-6-2-5-11-26-32(47)57-40(58-33(26)48)15-9-4-10-16-40/h2-3,5-8,11-14,51,53H,1,4,9-10,15-24H2. The van der Waals surface area contributed by atoms with Gasteiger partial charge in [0, 0.05) is 64.2 Å². The highest BCUT2D eigenvalue weighted by atomic mass is 16.8. The van der Waals surface area contributed by atoms with Crippen molar-refractivity contribution in [3.05, 3.63) is 107 Å². The van der Waals surface area contributed by atoms with Gasteiger partial charge in [-0.15, -0.1) is 0 Å². The molecule has 0 atom stereocenters. The van der Waals surface area contributed by atoms with Gasteiger partial charge < -0.3 is 57.6 Å². The Morgan fingerprint density at radius 3 is 1.00 bits per heavy atom. The number of hydrogen-bond acceptors (Lipinski definition) is 20. The summed E-state index contributed by atoms with van der Waals surface area (Å²) in [5.74, 6) is -16.5. The number of esters is 8. The van der Waals surface area contributed by atoms with E-state index in [2.05, 4.69) is 6.58 Å². The van der Waals surface area contributed by atoms with Crippen LogP contribution < -0.4 is 0 Å². The second kappa shape index (κ2) is 16.4. The first kappa shape index (κ1) is 43.3. The van der Waals surface area contributed by atoms with Gasteiger partial charge in [0.2, 0.25) is 0 Å². The van der Waals surface area contributed by atoms with E-state index in [1.54, 1.807) is 0 Å². The van der Waals surface area contributed by atoms with Crippen LogP contribution in [0.25, 0.3) is 0 Å². The van der Waals surface area contributed by atoms with Crippen LogP contribution in [0.5, 0.6) is 0 Å². The third kappa shape index (κ3) is 8.41. The average molecular weight is 889 g/mol. The summed E-state index contributed by atoms with van der Waals surface area (Å²) in [5, 5.41) is 21.3. The summed E-state index contributed by atoms with van der Waals surface area (Å²) < 4.78 is 54.7. The van der Waals surface area contributed by atoms with Gasteiger partial charge in [-0.1, -0.05) is 49.5 Å². The molecule has 3 aliphatic carbocycles. The zero-order valence-electron chi connectivity index (χ0n) is 33.9. The molecule has 5 aliphatic heterocycles. The molecule has 20 nitrogen and oxygen atoms in total. The minimum absolute atomic E-state index is 0.100. The van der Waals surface area contributed by atoms with E-state index < -0.39 is 99.7 Å². The lowest BCUT2D eigenvalue weighted by atomic mass is 9.87. The van der Waals surface area contributed by atoms with Crippen LogP contribution in [0.15, 0.2) is 107 Å². The molecule has 2 N–H and O–H groups in total. The molecule has 5 heterocycles. The van der Waals surface area contributed by atoms with Crippen LogP contribution in [0.1, 0.15) is 83.5 Å². The Morgan fingerprint density at radius 2 is 0.656 bits per heavy atom. The SMILES string of the molecule is C=C1C(=O)OC2(CCC3(CC2)OC(=O)C(=CC=CC=CC2=C(O)OC4(CCC5(CC4)OC(=O)C(C=CC=CC=C4C(=O)OC6(CCCCC6)OC4=O)=C(O)O5)OC2=O)C(=O)O3)OC1=O. The lowest BCUT2D eigenvalue weighted by Crippen LogP contribution is -2.55. The van der Waals surface area contributed by atoms with Crippen LogP contribution >= 0.6 is 0 Å². The molecule has 0 aromatic rings. The van der Waals surface area contributed by atoms with Gasteiger partial charge in [-0.25, -0.2) is 38.4 Å². The summed E-state index contributed by atoms with van der Waals surface area (Å²) in [5.41, 5.74) is -1.86. The zero-order valence-corrected chi connectivity index (χ0v) is 33.9. The second-order valence-corrected chi connectivity index (χ2v) is 16.0. The van der Waals surface area contributed by atoms with Gasteiger partial charge in [0.25, 0.3) is 40.8 Å². The third-order valence-corrected chi connectivity index (χ3v) is 11.7. The molecule has 0 unspecified atom stereocenters. The molecule has 3 saturated heterocycles. The Morgan fingerprint density at radius 1 is 0.359 bits per heavy atom. The van der Waals surface area contributed by atoms with Crippen molar-refractivity contribution in [2.45, 2.75) is 112 Å². The highest BCUT2D eigenvalue weighted by molar-refractivity contribution is 6.16. The Labute approximate surface area is 362 Å². The molecule has 0 aromatic heterocycles. The molecule has 8 rings (SSSR count). The summed E-state index contributed by atoms with van der Waals surface area (Å²) in [6.45, 7) is 3.31.